The highest BCUT2D eigenvalue weighted by atomic mass is 19.1. The maximum Gasteiger partial charge on any atom is 0.319 e. The number of halogens is 1. The van der Waals surface area contributed by atoms with Gasteiger partial charge in [-0.25, -0.2) is 9.18 Å². The lowest BCUT2D eigenvalue weighted by atomic mass is 10.2. The van der Waals surface area contributed by atoms with Crippen molar-refractivity contribution in [1.82, 2.24) is 5.32 Å². The van der Waals surface area contributed by atoms with Crippen molar-refractivity contribution in [3.63, 3.8) is 0 Å². The molecule has 102 valence electrons. The van der Waals surface area contributed by atoms with Crippen LogP contribution in [0.1, 0.15) is 25.8 Å². The summed E-state index contributed by atoms with van der Waals surface area (Å²) >= 11 is 0. The van der Waals surface area contributed by atoms with E-state index in [0.717, 1.165) is 0 Å². The lowest BCUT2D eigenvalue weighted by Gasteiger charge is -2.10. The molecular formula is C14H17FN2O2. The second-order valence-corrected chi connectivity index (χ2v) is 4.22. The average molecular weight is 264 g/mol. The molecule has 0 aromatic heterocycles. The van der Waals surface area contributed by atoms with Crippen LogP contribution in [0.5, 0.6) is 0 Å². The molecule has 1 rings (SSSR count). The summed E-state index contributed by atoms with van der Waals surface area (Å²) in [5, 5.41) is 13.9. The van der Waals surface area contributed by atoms with E-state index >= 15 is 0 Å². The molecule has 0 aliphatic carbocycles. The third-order valence-corrected chi connectivity index (χ3v) is 2.10. The van der Waals surface area contributed by atoms with E-state index in [1.54, 1.807) is 0 Å². The maximum atomic E-state index is 13.5. The SMILES string of the molecule is CC(C)NC(=O)Nc1ccc(F)c(C#CCCO)c1. The summed E-state index contributed by atoms with van der Waals surface area (Å²) in [4.78, 5) is 11.5. The summed E-state index contributed by atoms with van der Waals surface area (Å²) in [7, 11) is 0. The van der Waals surface area contributed by atoms with Crippen molar-refractivity contribution < 1.29 is 14.3 Å². The molecule has 0 aliphatic heterocycles. The normalized spacial score (nSPS) is 9.74. The highest BCUT2D eigenvalue weighted by molar-refractivity contribution is 5.89. The fourth-order valence-electron chi connectivity index (χ4n) is 1.34. The first kappa shape index (κ1) is 15.0. The van der Waals surface area contributed by atoms with Crippen molar-refractivity contribution in [2.75, 3.05) is 11.9 Å². The Hall–Kier alpha value is -2.06. The molecular weight excluding hydrogens is 247 g/mol. The zero-order valence-corrected chi connectivity index (χ0v) is 11.0. The van der Waals surface area contributed by atoms with Crippen molar-refractivity contribution in [3.05, 3.63) is 29.6 Å². The topological polar surface area (TPSA) is 61.4 Å². The fourth-order valence-corrected chi connectivity index (χ4v) is 1.34. The summed E-state index contributed by atoms with van der Waals surface area (Å²) in [6.45, 7) is 3.62. The second-order valence-electron chi connectivity index (χ2n) is 4.22. The molecule has 0 fully saturated rings. The predicted octanol–water partition coefficient (Wildman–Crippen LogP) is 2.09. The molecule has 0 spiro atoms. The van der Waals surface area contributed by atoms with E-state index in [0.29, 0.717) is 5.69 Å². The molecule has 0 atom stereocenters. The summed E-state index contributed by atoms with van der Waals surface area (Å²) in [6, 6.07) is 3.83. The van der Waals surface area contributed by atoms with Crippen LogP contribution in [0, 0.1) is 17.7 Å². The number of carbonyl (C=O) groups is 1. The number of rotatable bonds is 3. The van der Waals surface area contributed by atoms with Gasteiger partial charge in [0.05, 0.1) is 12.2 Å². The highest BCUT2D eigenvalue weighted by Gasteiger charge is 2.05. The van der Waals surface area contributed by atoms with Crippen molar-refractivity contribution in [2.45, 2.75) is 26.3 Å². The van der Waals surface area contributed by atoms with Gasteiger partial charge in [0.15, 0.2) is 0 Å². The van der Waals surface area contributed by atoms with E-state index in [4.69, 9.17) is 5.11 Å². The molecule has 0 unspecified atom stereocenters. The number of anilines is 1. The third-order valence-electron chi connectivity index (χ3n) is 2.10. The van der Waals surface area contributed by atoms with Gasteiger partial charge in [0, 0.05) is 18.2 Å². The summed E-state index contributed by atoms with van der Waals surface area (Å²) in [5.74, 6) is 4.79. The molecule has 4 nitrogen and oxygen atoms in total. The zero-order valence-electron chi connectivity index (χ0n) is 11.0. The Morgan fingerprint density at radius 3 is 2.84 bits per heavy atom. The first-order chi connectivity index (χ1) is 9.02. The van der Waals surface area contributed by atoms with E-state index in [9.17, 15) is 9.18 Å². The van der Waals surface area contributed by atoms with Crippen LogP contribution in [0.4, 0.5) is 14.9 Å². The van der Waals surface area contributed by atoms with Crippen molar-refractivity contribution in [2.24, 2.45) is 0 Å². The number of hydrogen-bond donors (Lipinski definition) is 3. The Balaban J connectivity index is 2.79. The molecule has 3 N–H and O–H groups in total. The number of aliphatic hydroxyl groups excluding tert-OH is 1. The van der Waals surface area contributed by atoms with Crippen LogP contribution in [0.25, 0.3) is 0 Å². The van der Waals surface area contributed by atoms with Crippen molar-refractivity contribution in [3.8, 4) is 11.8 Å². The van der Waals surface area contributed by atoms with E-state index in [1.807, 2.05) is 13.8 Å². The molecule has 0 saturated heterocycles. The molecule has 0 aliphatic rings. The Morgan fingerprint density at radius 1 is 1.47 bits per heavy atom. The number of benzene rings is 1. The average Bonchev–Trinajstić information content (AvgIpc) is 2.32. The number of nitrogens with one attached hydrogen (secondary N) is 2. The van der Waals surface area contributed by atoms with Crippen LogP contribution in [0.2, 0.25) is 0 Å². The maximum absolute atomic E-state index is 13.5. The van der Waals surface area contributed by atoms with Gasteiger partial charge in [0.25, 0.3) is 0 Å². The van der Waals surface area contributed by atoms with Crippen LogP contribution in [-0.2, 0) is 0 Å². The number of urea groups is 1. The van der Waals surface area contributed by atoms with Gasteiger partial charge < -0.3 is 15.7 Å². The highest BCUT2D eigenvalue weighted by Crippen LogP contribution is 2.13. The Bertz CT molecular complexity index is 504. The van der Waals surface area contributed by atoms with Gasteiger partial charge in [-0.2, -0.15) is 0 Å². The Labute approximate surface area is 112 Å². The lowest BCUT2D eigenvalue weighted by Crippen LogP contribution is -2.34. The smallest absolute Gasteiger partial charge is 0.319 e. The molecule has 0 bridgehead atoms. The minimum atomic E-state index is -0.458. The first-order valence-electron chi connectivity index (χ1n) is 5.99. The van der Waals surface area contributed by atoms with Gasteiger partial charge in [0.2, 0.25) is 0 Å². The van der Waals surface area contributed by atoms with Gasteiger partial charge in [-0.05, 0) is 32.0 Å². The van der Waals surface area contributed by atoms with Crippen LogP contribution in [0.15, 0.2) is 18.2 Å². The minimum absolute atomic E-state index is 0.0178. The molecule has 1 aromatic carbocycles. The summed E-state index contributed by atoms with van der Waals surface area (Å²) < 4.78 is 13.5. The first-order valence-corrected chi connectivity index (χ1v) is 5.99. The molecule has 0 saturated carbocycles. The van der Waals surface area contributed by atoms with Crippen LogP contribution in [0.3, 0.4) is 0 Å². The predicted molar refractivity (Wildman–Crippen MR) is 72.3 cm³/mol. The Morgan fingerprint density at radius 2 is 2.21 bits per heavy atom. The third kappa shape index (κ3) is 5.40. The van der Waals surface area contributed by atoms with Gasteiger partial charge >= 0.3 is 6.03 Å². The largest absolute Gasteiger partial charge is 0.395 e. The molecule has 0 radical (unpaired) electrons. The van der Waals surface area contributed by atoms with Crippen LogP contribution >= 0.6 is 0 Å². The summed E-state index contributed by atoms with van der Waals surface area (Å²) in [6.07, 6.45) is 0.283. The fraction of sp³-hybridized carbons (Fsp3) is 0.357. The summed E-state index contributed by atoms with van der Waals surface area (Å²) in [5.41, 5.74) is 0.656. The molecule has 19 heavy (non-hydrogen) atoms. The Kier molecular flexibility index (Phi) is 5.83. The number of aliphatic hydroxyl groups is 1. The van der Waals surface area contributed by atoms with Crippen LogP contribution in [-0.4, -0.2) is 23.8 Å². The van der Waals surface area contributed by atoms with Gasteiger partial charge in [-0.3, -0.25) is 0 Å². The number of carbonyl (C=O) groups excluding carboxylic acids is 1. The van der Waals surface area contributed by atoms with Gasteiger partial charge in [-0.1, -0.05) is 11.8 Å². The van der Waals surface area contributed by atoms with Gasteiger partial charge in [0.1, 0.15) is 5.82 Å². The zero-order chi connectivity index (χ0) is 14.3. The number of hydrogen-bond acceptors (Lipinski definition) is 2. The van der Waals surface area contributed by atoms with E-state index in [1.165, 1.54) is 18.2 Å². The van der Waals surface area contributed by atoms with E-state index in [2.05, 4.69) is 22.5 Å². The number of amides is 2. The van der Waals surface area contributed by atoms with Crippen molar-refractivity contribution >= 4 is 11.7 Å². The van der Waals surface area contributed by atoms with Gasteiger partial charge in [-0.15, -0.1) is 0 Å². The van der Waals surface area contributed by atoms with E-state index in [-0.39, 0.29) is 30.7 Å². The minimum Gasteiger partial charge on any atom is -0.395 e. The van der Waals surface area contributed by atoms with Crippen molar-refractivity contribution in [1.29, 1.82) is 0 Å². The molecule has 2 amide bonds. The lowest BCUT2D eigenvalue weighted by molar-refractivity contribution is 0.250. The van der Waals surface area contributed by atoms with Crippen LogP contribution < -0.4 is 10.6 Å². The quantitative estimate of drug-likeness (QED) is 0.732. The molecule has 0 heterocycles. The molecule has 5 heteroatoms. The monoisotopic (exact) mass is 264 g/mol. The second kappa shape index (κ2) is 7.39. The molecule has 1 aromatic rings. The van der Waals surface area contributed by atoms with E-state index < -0.39 is 5.82 Å². The standard InChI is InChI=1S/C14H17FN2O2/c1-10(2)16-14(19)17-12-6-7-13(15)11(9-12)5-3-4-8-18/h6-7,9-10,18H,4,8H2,1-2H3,(H2,16,17,19).